The SMILES string of the molecule is Cc1ccc(CN2CCNCC2CCC(=O)O)cc1. The molecule has 4 nitrogen and oxygen atoms in total. The van der Waals surface area contributed by atoms with E-state index in [9.17, 15) is 4.79 Å². The van der Waals surface area contributed by atoms with E-state index in [1.165, 1.54) is 11.1 Å². The van der Waals surface area contributed by atoms with E-state index in [4.69, 9.17) is 5.11 Å². The normalized spacial score (nSPS) is 20.4. The Morgan fingerprint density at radius 3 is 2.84 bits per heavy atom. The Morgan fingerprint density at radius 2 is 2.16 bits per heavy atom. The van der Waals surface area contributed by atoms with Gasteiger partial charge in [-0.2, -0.15) is 0 Å². The molecule has 0 radical (unpaired) electrons. The second-order valence-corrected chi connectivity index (χ2v) is 5.25. The van der Waals surface area contributed by atoms with E-state index in [0.29, 0.717) is 12.5 Å². The third kappa shape index (κ3) is 4.33. The molecule has 1 saturated heterocycles. The molecule has 1 aromatic carbocycles. The number of hydrogen-bond acceptors (Lipinski definition) is 3. The molecule has 19 heavy (non-hydrogen) atoms. The second kappa shape index (κ2) is 6.68. The fourth-order valence-corrected chi connectivity index (χ4v) is 2.51. The molecule has 0 bridgehead atoms. The molecule has 2 N–H and O–H groups in total. The van der Waals surface area contributed by atoms with Crippen molar-refractivity contribution in [3.8, 4) is 0 Å². The summed E-state index contributed by atoms with van der Waals surface area (Å²) in [4.78, 5) is 13.1. The Labute approximate surface area is 114 Å². The Kier molecular flexibility index (Phi) is 4.93. The lowest BCUT2D eigenvalue weighted by Crippen LogP contribution is -2.50. The molecular formula is C15H22N2O2. The van der Waals surface area contributed by atoms with Crippen molar-refractivity contribution in [2.45, 2.75) is 32.4 Å². The molecule has 2 rings (SSSR count). The number of benzene rings is 1. The van der Waals surface area contributed by atoms with E-state index in [1.807, 2.05) is 0 Å². The van der Waals surface area contributed by atoms with Crippen molar-refractivity contribution in [2.75, 3.05) is 19.6 Å². The number of aryl methyl sites for hydroxylation is 1. The molecule has 1 heterocycles. The number of rotatable bonds is 5. The van der Waals surface area contributed by atoms with Crippen molar-refractivity contribution in [1.29, 1.82) is 0 Å². The van der Waals surface area contributed by atoms with Gasteiger partial charge in [-0.3, -0.25) is 9.69 Å². The molecule has 1 aliphatic rings. The lowest BCUT2D eigenvalue weighted by molar-refractivity contribution is -0.137. The van der Waals surface area contributed by atoms with Gasteiger partial charge in [-0.15, -0.1) is 0 Å². The van der Waals surface area contributed by atoms with Crippen LogP contribution >= 0.6 is 0 Å². The van der Waals surface area contributed by atoms with E-state index in [-0.39, 0.29) is 6.42 Å². The first-order valence-electron chi connectivity index (χ1n) is 6.87. The molecule has 0 spiro atoms. The van der Waals surface area contributed by atoms with E-state index in [2.05, 4.69) is 41.4 Å². The van der Waals surface area contributed by atoms with Crippen LogP contribution in [0.4, 0.5) is 0 Å². The topological polar surface area (TPSA) is 52.6 Å². The zero-order chi connectivity index (χ0) is 13.7. The Bertz CT molecular complexity index is 417. The molecule has 4 heteroatoms. The number of carboxylic acids is 1. The van der Waals surface area contributed by atoms with Crippen LogP contribution in [-0.2, 0) is 11.3 Å². The van der Waals surface area contributed by atoms with Crippen molar-refractivity contribution in [1.82, 2.24) is 10.2 Å². The van der Waals surface area contributed by atoms with Crippen LogP contribution in [0, 0.1) is 6.92 Å². The lowest BCUT2D eigenvalue weighted by atomic mass is 10.1. The van der Waals surface area contributed by atoms with Gasteiger partial charge < -0.3 is 10.4 Å². The summed E-state index contributed by atoms with van der Waals surface area (Å²) in [5.41, 5.74) is 2.57. The third-order valence-electron chi connectivity index (χ3n) is 3.67. The van der Waals surface area contributed by atoms with E-state index >= 15 is 0 Å². The van der Waals surface area contributed by atoms with E-state index < -0.39 is 5.97 Å². The first-order chi connectivity index (χ1) is 9.15. The van der Waals surface area contributed by atoms with Crippen LogP contribution in [0.5, 0.6) is 0 Å². The molecule has 104 valence electrons. The number of aliphatic carboxylic acids is 1. The molecule has 0 amide bonds. The number of piperazine rings is 1. The first-order valence-corrected chi connectivity index (χ1v) is 6.87. The van der Waals surface area contributed by atoms with Crippen LogP contribution in [0.25, 0.3) is 0 Å². The van der Waals surface area contributed by atoms with Crippen LogP contribution in [0.15, 0.2) is 24.3 Å². The molecule has 0 saturated carbocycles. The molecule has 1 aromatic rings. The number of nitrogens with one attached hydrogen (secondary N) is 1. The maximum Gasteiger partial charge on any atom is 0.303 e. The molecule has 1 aliphatic heterocycles. The zero-order valence-corrected chi connectivity index (χ0v) is 11.4. The summed E-state index contributed by atoms with van der Waals surface area (Å²) in [5.74, 6) is -0.708. The minimum atomic E-state index is -0.708. The maximum atomic E-state index is 10.7. The monoisotopic (exact) mass is 262 g/mol. The average molecular weight is 262 g/mol. The maximum absolute atomic E-state index is 10.7. The quantitative estimate of drug-likeness (QED) is 0.847. The molecule has 0 aliphatic carbocycles. The minimum absolute atomic E-state index is 0.247. The van der Waals surface area contributed by atoms with E-state index in [1.54, 1.807) is 0 Å². The average Bonchev–Trinajstić information content (AvgIpc) is 2.40. The number of carboxylic acid groups (broad SMARTS) is 1. The summed E-state index contributed by atoms with van der Waals surface area (Å²) < 4.78 is 0. The van der Waals surface area contributed by atoms with Crippen LogP contribution in [0.2, 0.25) is 0 Å². The second-order valence-electron chi connectivity index (χ2n) is 5.25. The van der Waals surface area contributed by atoms with Gasteiger partial charge in [0.1, 0.15) is 0 Å². The van der Waals surface area contributed by atoms with Gasteiger partial charge in [0.25, 0.3) is 0 Å². The first kappa shape index (κ1) is 14.0. The summed E-state index contributed by atoms with van der Waals surface area (Å²) in [6.45, 7) is 5.85. The van der Waals surface area contributed by atoms with Gasteiger partial charge >= 0.3 is 5.97 Å². The van der Waals surface area contributed by atoms with Crippen molar-refractivity contribution < 1.29 is 9.90 Å². The molecule has 1 atom stereocenters. The smallest absolute Gasteiger partial charge is 0.303 e. The zero-order valence-electron chi connectivity index (χ0n) is 11.4. The van der Waals surface area contributed by atoms with Gasteiger partial charge in [0.05, 0.1) is 0 Å². The Morgan fingerprint density at radius 1 is 1.42 bits per heavy atom. The molecule has 1 unspecified atom stereocenters. The lowest BCUT2D eigenvalue weighted by Gasteiger charge is -2.36. The predicted molar refractivity (Wildman–Crippen MR) is 75.1 cm³/mol. The number of carbonyl (C=O) groups is 1. The van der Waals surface area contributed by atoms with Gasteiger partial charge in [-0.25, -0.2) is 0 Å². The van der Waals surface area contributed by atoms with Crippen molar-refractivity contribution in [2.24, 2.45) is 0 Å². The third-order valence-corrected chi connectivity index (χ3v) is 3.67. The largest absolute Gasteiger partial charge is 0.481 e. The number of nitrogens with zero attached hydrogens (tertiary/aromatic N) is 1. The van der Waals surface area contributed by atoms with Crippen LogP contribution < -0.4 is 5.32 Å². The summed E-state index contributed by atoms with van der Waals surface area (Å²) >= 11 is 0. The van der Waals surface area contributed by atoms with Gasteiger partial charge in [-0.05, 0) is 18.9 Å². The minimum Gasteiger partial charge on any atom is -0.481 e. The van der Waals surface area contributed by atoms with Gasteiger partial charge in [-0.1, -0.05) is 29.8 Å². The fourth-order valence-electron chi connectivity index (χ4n) is 2.51. The molecular weight excluding hydrogens is 240 g/mol. The Hall–Kier alpha value is -1.39. The van der Waals surface area contributed by atoms with Crippen LogP contribution in [-0.4, -0.2) is 41.7 Å². The summed E-state index contributed by atoms with van der Waals surface area (Å²) in [6.07, 6.45) is 0.963. The van der Waals surface area contributed by atoms with Crippen molar-refractivity contribution in [3.63, 3.8) is 0 Å². The number of hydrogen-bond donors (Lipinski definition) is 2. The summed E-state index contributed by atoms with van der Waals surface area (Å²) in [5, 5.41) is 12.2. The van der Waals surface area contributed by atoms with Crippen molar-refractivity contribution >= 4 is 5.97 Å². The van der Waals surface area contributed by atoms with Gasteiger partial charge in [0.2, 0.25) is 0 Å². The van der Waals surface area contributed by atoms with Crippen molar-refractivity contribution in [3.05, 3.63) is 35.4 Å². The molecule has 0 aromatic heterocycles. The highest BCUT2D eigenvalue weighted by Crippen LogP contribution is 2.14. The highest BCUT2D eigenvalue weighted by molar-refractivity contribution is 5.66. The highest BCUT2D eigenvalue weighted by Gasteiger charge is 2.22. The van der Waals surface area contributed by atoms with Crippen LogP contribution in [0.1, 0.15) is 24.0 Å². The molecule has 1 fully saturated rings. The highest BCUT2D eigenvalue weighted by atomic mass is 16.4. The van der Waals surface area contributed by atoms with E-state index in [0.717, 1.165) is 26.2 Å². The van der Waals surface area contributed by atoms with Crippen LogP contribution in [0.3, 0.4) is 0 Å². The van der Waals surface area contributed by atoms with Gasteiger partial charge in [0, 0.05) is 38.6 Å². The predicted octanol–water partition coefficient (Wildman–Crippen LogP) is 1.63. The standard InChI is InChI=1S/C15H22N2O2/c1-12-2-4-13(5-3-12)11-17-9-8-16-10-14(17)6-7-15(18)19/h2-5,14,16H,6-11H2,1H3,(H,18,19). The summed E-state index contributed by atoms with van der Waals surface area (Å²) in [7, 11) is 0. The van der Waals surface area contributed by atoms with Gasteiger partial charge in [0.15, 0.2) is 0 Å². The Balaban J connectivity index is 1.95. The fraction of sp³-hybridized carbons (Fsp3) is 0.533. The summed E-state index contributed by atoms with van der Waals surface area (Å²) in [6, 6.07) is 8.90.